The number of hydrogen-bond acceptors (Lipinski definition) is 6. The Morgan fingerprint density at radius 3 is 2.63 bits per heavy atom. The average Bonchev–Trinajstić information content (AvgIpc) is 2.47. The van der Waals surface area contributed by atoms with Gasteiger partial charge in [-0.05, 0) is 25.7 Å². The molecule has 0 aliphatic carbocycles. The van der Waals surface area contributed by atoms with Gasteiger partial charge in [0.1, 0.15) is 6.33 Å². The highest BCUT2D eigenvalue weighted by atomic mass is 16.5. The summed E-state index contributed by atoms with van der Waals surface area (Å²) in [6, 6.07) is 0.331. The first-order valence-electron chi connectivity index (χ1n) is 6.67. The van der Waals surface area contributed by atoms with Gasteiger partial charge in [0.2, 0.25) is 5.75 Å². The van der Waals surface area contributed by atoms with Crippen LogP contribution in [-0.2, 0) is 4.74 Å². The summed E-state index contributed by atoms with van der Waals surface area (Å²) in [4.78, 5) is 8.42. The normalized spacial score (nSPS) is 17.8. The predicted molar refractivity (Wildman–Crippen MR) is 74.8 cm³/mol. The van der Waals surface area contributed by atoms with E-state index >= 15 is 0 Å². The number of ether oxygens (including phenoxy) is 2. The molecule has 1 atom stereocenters. The molecule has 0 amide bonds. The molecular weight excluding hydrogens is 244 g/mol. The van der Waals surface area contributed by atoms with E-state index in [0.717, 1.165) is 31.9 Å². The highest BCUT2D eigenvalue weighted by Crippen LogP contribution is 2.30. The van der Waals surface area contributed by atoms with E-state index in [-0.39, 0.29) is 0 Å². The predicted octanol–water partition coefficient (Wildman–Crippen LogP) is 1.75. The van der Waals surface area contributed by atoms with E-state index in [9.17, 15) is 0 Å². The van der Waals surface area contributed by atoms with E-state index in [1.807, 2.05) is 7.05 Å². The quantitative estimate of drug-likeness (QED) is 0.846. The maximum atomic E-state index is 5.39. The monoisotopic (exact) mass is 266 g/mol. The summed E-state index contributed by atoms with van der Waals surface area (Å²) < 4.78 is 10.8. The van der Waals surface area contributed by atoms with Crippen LogP contribution in [0.25, 0.3) is 0 Å². The van der Waals surface area contributed by atoms with Crippen molar-refractivity contribution < 1.29 is 9.47 Å². The van der Waals surface area contributed by atoms with Gasteiger partial charge in [0.05, 0.1) is 7.11 Å². The van der Waals surface area contributed by atoms with E-state index in [2.05, 4.69) is 27.5 Å². The molecule has 1 unspecified atom stereocenters. The van der Waals surface area contributed by atoms with Gasteiger partial charge in [0.25, 0.3) is 0 Å². The molecule has 1 aliphatic rings. The Morgan fingerprint density at radius 1 is 1.32 bits per heavy atom. The smallest absolute Gasteiger partial charge is 0.204 e. The summed E-state index contributed by atoms with van der Waals surface area (Å²) in [5, 5.41) is 6.44. The number of methoxy groups -OCH3 is 1. The fourth-order valence-corrected chi connectivity index (χ4v) is 2.40. The fraction of sp³-hybridized carbons (Fsp3) is 0.692. The summed E-state index contributed by atoms with van der Waals surface area (Å²) in [5.74, 6) is 2.69. The van der Waals surface area contributed by atoms with Crippen molar-refractivity contribution in [3.63, 3.8) is 0 Å². The Morgan fingerprint density at radius 2 is 2.00 bits per heavy atom. The Hall–Kier alpha value is -1.56. The maximum absolute atomic E-state index is 5.39. The molecule has 1 fully saturated rings. The second-order valence-electron chi connectivity index (χ2n) is 4.74. The lowest BCUT2D eigenvalue weighted by atomic mass is 9.93. The molecule has 1 aromatic heterocycles. The van der Waals surface area contributed by atoms with Crippen LogP contribution < -0.4 is 15.4 Å². The van der Waals surface area contributed by atoms with Crippen LogP contribution in [0.5, 0.6) is 5.75 Å². The maximum Gasteiger partial charge on any atom is 0.204 e. The number of hydrogen-bond donors (Lipinski definition) is 2. The van der Waals surface area contributed by atoms with Gasteiger partial charge >= 0.3 is 0 Å². The van der Waals surface area contributed by atoms with Crippen LogP contribution in [0.3, 0.4) is 0 Å². The third kappa shape index (κ3) is 3.26. The number of aromatic nitrogens is 2. The zero-order chi connectivity index (χ0) is 13.7. The van der Waals surface area contributed by atoms with Gasteiger partial charge in [-0.2, -0.15) is 0 Å². The second kappa shape index (κ2) is 6.56. The highest BCUT2D eigenvalue weighted by Gasteiger charge is 2.22. The minimum atomic E-state index is 0.331. The molecule has 0 spiro atoms. The first kappa shape index (κ1) is 13.9. The van der Waals surface area contributed by atoms with Gasteiger partial charge in [-0.1, -0.05) is 0 Å². The van der Waals surface area contributed by atoms with E-state index in [1.54, 1.807) is 7.11 Å². The topological polar surface area (TPSA) is 68.3 Å². The number of nitrogens with one attached hydrogen (secondary N) is 2. The van der Waals surface area contributed by atoms with Crippen molar-refractivity contribution in [2.45, 2.75) is 25.8 Å². The van der Waals surface area contributed by atoms with Gasteiger partial charge in [-0.25, -0.2) is 9.97 Å². The molecule has 19 heavy (non-hydrogen) atoms. The van der Waals surface area contributed by atoms with Crippen molar-refractivity contribution >= 4 is 11.6 Å². The van der Waals surface area contributed by atoms with Crippen molar-refractivity contribution in [2.24, 2.45) is 5.92 Å². The number of rotatable bonds is 5. The second-order valence-corrected chi connectivity index (χ2v) is 4.74. The lowest BCUT2D eigenvalue weighted by molar-refractivity contribution is 0.0622. The average molecular weight is 266 g/mol. The number of anilines is 2. The van der Waals surface area contributed by atoms with Crippen LogP contribution in [0, 0.1) is 5.92 Å². The molecule has 0 radical (unpaired) electrons. The molecule has 0 bridgehead atoms. The highest BCUT2D eigenvalue weighted by molar-refractivity contribution is 5.63. The van der Waals surface area contributed by atoms with Crippen LogP contribution in [0.15, 0.2) is 6.33 Å². The summed E-state index contributed by atoms with van der Waals surface area (Å²) in [5.41, 5.74) is 0. The molecule has 106 valence electrons. The van der Waals surface area contributed by atoms with Crippen LogP contribution in [0.2, 0.25) is 0 Å². The largest absolute Gasteiger partial charge is 0.490 e. The minimum absolute atomic E-state index is 0.331. The van der Waals surface area contributed by atoms with Crippen molar-refractivity contribution in [3.8, 4) is 5.75 Å². The third-order valence-electron chi connectivity index (χ3n) is 3.58. The van der Waals surface area contributed by atoms with E-state index < -0.39 is 0 Å². The molecule has 6 heteroatoms. The summed E-state index contributed by atoms with van der Waals surface area (Å²) >= 11 is 0. The molecule has 2 N–H and O–H groups in total. The molecule has 0 saturated carbocycles. The minimum Gasteiger partial charge on any atom is -0.490 e. The van der Waals surface area contributed by atoms with Crippen molar-refractivity contribution in [3.05, 3.63) is 6.33 Å². The molecule has 0 aromatic carbocycles. The fourth-order valence-electron chi connectivity index (χ4n) is 2.40. The summed E-state index contributed by atoms with van der Waals surface area (Å²) in [7, 11) is 3.44. The Bertz CT molecular complexity index is 408. The zero-order valence-corrected chi connectivity index (χ0v) is 11.8. The van der Waals surface area contributed by atoms with Gasteiger partial charge in [0, 0.05) is 26.3 Å². The molecule has 2 rings (SSSR count). The third-order valence-corrected chi connectivity index (χ3v) is 3.58. The first-order valence-corrected chi connectivity index (χ1v) is 6.67. The van der Waals surface area contributed by atoms with Gasteiger partial charge < -0.3 is 20.1 Å². The lowest BCUT2D eigenvalue weighted by Crippen LogP contribution is -2.31. The van der Waals surface area contributed by atoms with Crippen LogP contribution in [0.1, 0.15) is 19.8 Å². The van der Waals surface area contributed by atoms with Gasteiger partial charge in [-0.3, -0.25) is 0 Å². The van der Waals surface area contributed by atoms with Gasteiger partial charge in [-0.15, -0.1) is 0 Å². The molecule has 1 saturated heterocycles. The first-order chi connectivity index (χ1) is 9.26. The number of nitrogens with zero attached hydrogens (tertiary/aromatic N) is 2. The van der Waals surface area contributed by atoms with Crippen molar-refractivity contribution in [1.29, 1.82) is 0 Å². The van der Waals surface area contributed by atoms with Gasteiger partial charge in [0.15, 0.2) is 11.6 Å². The Kier molecular flexibility index (Phi) is 4.79. The molecular formula is C13H22N4O2. The standard InChI is InChI=1S/C13H22N4O2/c1-9(10-4-6-19-7-5-10)17-13-11(18-3)12(14-2)15-8-16-13/h8-10H,4-7H2,1-3H3,(H2,14,15,16,17). The van der Waals surface area contributed by atoms with Crippen molar-refractivity contribution in [1.82, 2.24) is 9.97 Å². The molecule has 2 heterocycles. The van der Waals surface area contributed by atoms with Crippen LogP contribution in [-0.4, -0.2) is 43.4 Å². The van der Waals surface area contributed by atoms with E-state index in [4.69, 9.17) is 9.47 Å². The molecule has 1 aliphatic heterocycles. The van der Waals surface area contributed by atoms with Crippen molar-refractivity contribution in [2.75, 3.05) is 38.0 Å². The zero-order valence-electron chi connectivity index (χ0n) is 11.8. The lowest BCUT2D eigenvalue weighted by Gasteiger charge is -2.29. The van der Waals surface area contributed by atoms with Crippen LogP contribution >= 0.6 is 0 Å². The SMILES string of the molecule is CNc1ncnc(NC(C)C2CCOCC2)c1OC. The summed E-state index contributed by atoms with van der Waals surface area (Å²) in [6.45, 7) is 3.87. The molecule has 1 aromatic rings. The van der Waals surface area contributed by atoms with E-state index in [0.29, 0.717) is 23.5 Å². The molecule has 6 nitrogen and oxygen atoms in total. The summed E-state index contributed by atoms with van der Waals surface area (Å²) in [6.07, 6.45) is 3.70. The van der Waals surface area contributed by atoms with Crippen LogP contribution in [0.4, 0.5) is 11.6 Å². The van der Waals surface area contributed by atoms with E-state index in [1.165, 1.54) is 6.33 Å². The Labute approximate surface area is 113 Å². The Balaban J connectivity index is 2.09.